The number of para-hydroxylation sites is 1. The summed E-state index contributed by atoms with van der Waals surface area (Å²) in [4.78, 5) is 27.5. The molecule has 2 amide bonds. The van der Waals surface area contributed by atoms with Gasteiger partial charge in [-0.05, 0) is 50.1 Å². The number of carbonyl (C=O) groups excluding carboxylic acids is 2. The Bertz CT molecular complexity index is 1440. The van der Waals surface area contributed by atoms with Gasteiger partial charge in [-0.1, -0.05) is 55.0 Å². The number of benzene rings is 2. The summed E-state index contributed by atoms with van der Waals surface area (Å²) in [6, 6.07) is 21.8. The topological polar surface area (TPSA) is 81.4 Å². The zero-order valence-corrected chi connectivity index (χ0v) is 22.1. The van der Waals surface area contributed by atoms with E-state index in [-0.39, 0.29) is 31.0 Å². The molecule has 1 aliphatic rings. The molecule has 0 saturated carbocycles. The van der Waals surface area contributed by atoms with Crippen LogP contribution in [0, 0.1) is 6.92 Å². The third kappa shape index (κ3) is 4.81. The number of ether oxygens (including phenoxy) is 1. The third-order valence-electron chi connectivity index (χ3n) is 6.83. The van der Waals surface area contributed by atoms with E-state index in [2.05, 4.69) is 48.0 Å². The standard InChI is InChI=1S/C30H33N5O3/c1-4-25-24-20-34(30(37)31-17-16-27(36)38-5-2)28(22-12-9-11-21(3)19-22)26-15-10-18-33(26)29(24)35(32-25)23-13-7-6-8-14-23/h6-15,18-19,28H,4-5,16-17,20H2,1-3H3,(H,31,37)/t28-/m0/s1. The second-order valence-electron chi connectivity index (χ2n) is 9.38. The molecule has 1 atom stereocenters. The number of nitrogens with one attached hydrogen (secondary N) is 1. The van der Waals surface area contributed by atoms with Crippen LogP contribution in [0.25, 0.3) is 11.5 Å². The molecule has 8 heteroatoms. The number of hydrogen-bond acceptors (Lipinski definition) is 4. The minimum atomic E-state index is -0.339. The fraction of sp³-hybridized carbons (Fsp3) is 0.300. The molecule has 8 nitrogen and oxygen atoms in total. The molecule has 38 heavy (non-hydrogen) atoms. The van der Waals surface area contributed by atoms with Crippen molar-refractivity contribution < 1.29 is 14.3 Å². The molecule has 0 radical (unpaired) electrons. The van der Waals surface area contributed by atoms with Crippen molar-refractivity contribution in [1.29, 1.82) is 0 Å². The Kier molecular flexibility index (Phi) is 7.31. The van der Waals surface area contributed by atoms with Crippen LogP contribution in [-0.2, 0) is 22.5 Å². The molecular weight excluding hydrogens is 478 g/mol. The van der Waals surface area contributed by atoms with Gasteiger partial charge in [-0.25, -0.2) is 9.48 Å². The largest absolute Gasteiger partial charge is 0.466 e. The molecule has 0 saturated heterocycles. The smallest absolute Gasteiger partial charge is 0.318 e. The van der Waals surface area contributed by atoms with Crippen LogP contribution >= 0.6 is 0 Å². The molecule has 1 aliphatic heterocycles. The first kappa shape index (κ1) is 25.3. The SMILES string of the molecule is CCOC(=O)CCNC(=O)N1Cc2c(CC)nn(-c3ccccc3)c2-n2cccc2[C@@H]1c1cccc(C)c1. The van der Waals surface area contributed by atoms with Gasteiger partial charge in [0, 0.05) is 18.3 Å². The average Bonchev–Trinajstić information content (AvgIpc) is 3.50. The average molecular weight is 512 g/mol. The minimum Gasteiger partial charge on any atom is -0.466 e. The molecule has 0 aliphatic carbocycles. The van der Waals surface area contributed by atoms with Crippen LogP contribution < -0.4 is 5.32 Å². The highest BCUT2D eigenvalue weighted by atomic mass is 16.5. The van der Waals surface area contributed by atoms with Gasteiger partial charge in [0.1, 0.15) is 5.82 Å². The van der Waals surface area contributed by atoms with Gasteiger partial charge < -0.3 is 19.5 Å². The molecular formula is C30H33N5O3. The second kappa shape index (κ2) is 11.0. The monoisotopic (exact) mass is 511 g/mol. The normalized spacial score (nSPS) is 14.4. The summed E-state index contributed by atoms with van der Waals surface area (Å²) in [5.41, 5.74) is 6.02. The van der Waals surface area contributed by atoms with Crippen LogP contribution in [0.5, 0.6) is 0 Å². The van der Waals surface area contributed by atoms with Crippen molar-refractivity contribution in [2.45, 2.75) is 46.2 Å². The quantitative estimate of drug-likeness (QED) is 0.350. The Hall–Kier alpha value is -4.33. The lowest BCUT2D eigenvalue weighted by Crippen LogP contribution is -2.42. The Balaban J connectivity index is 1.63. The van der Waals surface area contributed by atoms with E-state index in [0.717, 1.165) is 46.0 Å². The molecule has 0 bridgehead atoms. The van der Waals surface area contributed by atoms with Gasteiger partial charge in [-0.3, -0.25) is 4.79 Å². The Labute approximate surface area is 222 Å². The number of urea groups is 1. The fourth-order valence-corrected chi connectivity index (χ4v) is 5.15. The summed E-state index contributed by atoms with van der Waals surface area (Å²) in [6.45, 7) is 6.80. The number of esters is 1. The van der Waals surface area contributed by atoms with E-state index in [1.807, 2.05) is 58.2 Å². The van der Waals surface area contributed by atoms with Gasteiger partial charge in [-0.2, -0.15) is 5.10 Å². The van der Waals surface area contributed by atoms with Gasteiger partial charge in [0.2, 0.25) is 0 Å². The minimum absolute atomic E-state index is 0.121. The predicted octanol–water partition coefficient (Wildman–Crippen LogP) is 5.10. The van der Waals surface area contributed by atoms with Crippen LogP contribution in [0.3, 0.4) is 0 Å². The summed E-state index contributed by atoms with van der Waals surface area (Å²) in [6.07, 6.45) is 2.89. The van der Waals surface area contributed by atoms with Crippen molar-refractivity contribution in [2.24, 2.45) is 0 Å². The number of rotatable bonds is 7. The molecule has 0 spiro atoms. The predicted molar refractivity (Wildman–Crippen MR) is 145 cm³/mol. The first-order chi connectivity index (χ1) is 18.5. The van der Waals surface area contributed by atoms with Gasteiger partial charge >= 0.3 is 12.0 Å². The number of carbonyl (C=O) groups is 2. The first-order valence-corrected chi connectivity index (χ1v) is 13.1. The van der Waals surface area contributed by atoms with Crippen LogP contribution in [-0.4, -0.2) is 44.4 Å². The molecule has 3 heterocycles. The summed E-state index contributed by atoms with van der Waals surface area (Å²) in [5, 5.41) is 7.95. The van der Waals surface area contributed by atoms with Crippen molar-refractivity contribution >= 4 is 12.0 Å². The highest BCUT2D eigenvalue weighted by Gasteiger charge is 2.36. The maximum absolute atomic E-state index is 13.8. The van der Waals surface area contributed by atoms with E-state index in [1.54, 1.807) is 6.92 Å². The lowest BCUT2D eigenvalue weighted by atomic mass is 10.00. The molecule has 0 unspecified atom stereocenters. The number of amides is 2. The van der Waals surface area contributed by atoms with E-state index < -0.39 is 0 Å². The summed E-state index contributed by atoms with van der Waals surface area (Å²) in [7, 11) is 0. The van der Waals surface area contributed by atoms with Gasteiger partial charge in [-0.15, -0.1) is 0 Å². The Morgan fingerprint density at radius 3 is 2.61 bits per heavy atom. The number of aromatic nitrogens is 3. The van der Waals surface area contributed by atoms with Crippen LogP contribution in [0.15, 0.2) is 72.9 Å². The zero-order valence-electron chi connectivity index (χ0n) is 22.1. The van der Waals surface area contributed by atoms with Crippen LogP contribution in [0.2, 0.25) is 0 Å². The number of nitrogens with zero attached hydrogens (tertiary/aromatic N) is 4. The summed E-state index contributed by atoms with van der Waals surface area (Å²) in [5.74, 6) is 0.611. The second-order valence-corrected chi connectivity index (χ2v) is 9.38. The van der Waals surface area contributed by atoms with E-state index in [0.29, 0.717) is 13.2 Å². The van der Waals surface area contributed by atoms with E-state index in [9.17, 15) is 9.59 Å². The molecule has 1 N–H and O–H groups in total. The maximum atomic E-state index is 13.8. The van der Waals surface area contributed by atoms with Crippen molar-refractivity contribution in [2.75, 3.05) is 13.2 Å². The highest BCUT2D eigenvalue weighted by Crippen LogP contribution is 2.38. The number of hydrogen-bond donors (Lipinski definition) is 1. The van der Waals surface area contributed by atoms with Crippen molar-refractivity contribution in [3.05, 3.63) is 101 Å². The Morgan fingerprint density at radius 1 is 1.05 bits per heavy atom. The van der Waals surface area contributed by atoms with Crippen molar-refractivity contribution in [1.82, 2.24) is 24.6 Å². The fourth-order valence-electron chi connectivity index (χ4n) is 5.15. The molecule has 0 fully saturated rings. The summed E-state index contributed by atoms with van der Waals surface area (Å²) < 4.78 is 9.17. The lowest BCUT2D eigenvalue weighted by molar-refractivity contribution is -0.142. The number of fused-ring (bicyclic) bond motifs is 3. The first-order valence-electron chi connectivity index (χ1n) is 13.1. The third-order valence-corrected chi connectivity index (χ3v) is 6.83. The number of aryl methyl sites for hydroxylation is 2. The van der Waals surface area contributed by atoms with Gasteiger partial charge in [0.25, 0.3) is 0 Å². The van der Waals surface area contributed by atoms with Gasteiger partial charge in [0.05, 0.1) is 42.7 Å². The molecule has 196 valence electrons. The van der Waals surface area contributed by atoms with Crippen LogP contribution in [0.1, 0.15) is 54.4 Å². The van der Waals surface area contributed by atoms with Crippen molar-refractivity contribution in [3.63, 3.8) is 0 Å². The maximum Gasteiger partial charge on any atom is 0.318 e. The molecule has 2 aromatic carbocycles. The van der Waals surface area contributed by atoms with Crippen LogP contribution in [0.4, 0.5) is 4.79 Å². The zero-order chi connectivity index (χ0) is 26.6. The molecule has 5 rings (SSSR count). The Morgan fingerprint density at radius 2 is 1.87 bits per heavy atom. The van der Waals surface area contributed by atoms with Crippen molar-refractivity contribution in [3.8, 4) is 11.5 Å². The van der Waals surface area contributed by atoms with E-state index in [1.165, 1.54) is 0 Å². The highest BCUT2D eigenvalue weighted by molar-refractivity contribution is 5.77. The van der Waals surface area contributed by atoms with E-state index in [4.69, 9.17) is 9.84 Å². The molecule has 2 aromatic heterocycles. The lowest BCUT2D eigenvalue weighted by Gasteiger charge is -2.31. The van der Waals surface area contributed by atoms with E-state index >= 15 is 0 Å². The summed E-state index contributed by atoms with van der Waals surface area (Å²) >= 11 is 0. The molecule has 4 aromatic rings. The van der Waals surface area contributed by atoms with Gasteiger partial charge in [0.15, 0.2) is 0 Å².